The van der Waals surface area contributed by atoms with Crippen molar-refractivity contribution in [2.24, 2.45) is 0 Å². The van der Waals surface area contributed by atoms with Crippen LogP contribution < -0.4 is 10.6 Å². The molecule has 88 valence electrons. The van der Waals surface area contributed by atoms with Gasteiger partial charge in [0.1, 0.15) is 5.82 Å². The van der Waals surface area contributed by atoms with Gasteiger partial charge in [0, 0.05) is 12.6 Å². The first kappa shape index (κ1) is 12.0. The van der Waals surface area contributed by atoms with E-state index in [0.29, 0.717) is 21.8 Å². The zero-order valence-corrected chi connectivity index (χ0v) is 10.2. The van der Waals surface area contributed by atoms with Crippen molar-refractivity contribution in [3.63, 3.8) is 0 Å². The van der Waals surface area contributed by atoms with Gasteiger partial charge in [0.2, 0.25) is 0 Å². The third-order valence-corrected chi connectivity index (χ3v) is 3.25. The fourth-order valence-corrected chi connectivity index (χ4v) is 2.43. The molecule has 1 atom stereocenters. The molecule has 2 N–H and O–H groups in total. The fourth-order valence-electron chi connectivity index (χ4n) is 1.86. The maximum atomic E-state index is 13.0. The van der Waals surface area contributed by atoms with E-state index >= 15 is 0 Å². The first-order valence-corrected chi connectivity index (χ1v) is 6.04. The van der Waals surface area contributed by atoms with Crippen LogP contribution in [0.1, 0.15) is 12.8 Å². The van der Waals surface area contributed by atoms with Gasteiger partial charge in [-0.25, -0.2) is 4.39 Å². The van der Waals surface area contributed by atoms with E-state index in [4.69, 9.17) is 23.2 Å². The van der Waals surface area contributed by atoms with Crippen LogP contribution in [0.4, 0.5) is 10.1 Å². The Bertz CT molecular complexity index is 355. The Morgan fingerprint density at radius 1 is 1.31 bits per heavy atom. The van der Waals surface area contributed by atoms with Crippen LogP contribution in [0, 0.1) is 5.82 Å². The van der Waals surface area contributed by atoms with Gasteiger partial charge in [-0.3, -0.25) is 0 Å². The highest BCUT2D eigenvalue weighted by molar-refractivity contribution is 6.39. The lowest BCUT2D eigenvalue weighted by Gasteiger charge is -2.25. The molecule has 1 aromatic rings. The SMILES string of the molecule is Fc1cc(Cl)c(NC2CCCNC2)c(Cl)c1. The summed E-state index contributed by atoms with van der Waals surface area (Å²) < 4.78 is 13.0. The summed E-state index contributed by atoms with van der Waals surface area (Å²) in [6.07, 6.45) is 2.19. The first-order valence-electron chi connectivity index (χ1n) is 5.28. The number of hydrogen-bond donors (Lipinski definition) is 2. The number of rotatable bonds is 2. The van der Waals surface area contributed by atoms with Gasteiger partial charge in [-0.05, 0) is 31.5 Å². The van der Waals surface area contributed by atoms with Crippen molar-refractivity contribution < 1.29 is 4.39 Å². The molecule has 0 bridgehead atoms. The van der Waals surface area contributed by atoms with Crippen LogP contribution in [0.5, 0.6) is 0 Å². The molecule has 1 fully saturated rings. The standard InChI is InChI=1S/C11H13Cl2FN2/c12-9-4-7(14)5-10(13)11(9)16-8-2-1-3-15-6-8/h4-5,8,15-16H,1-3,6H2. The van der Waals surface area contributed by atoms with E-state index in [1.165, 1.54) is 12.1 Å². The molecule has 2 rings (SSSR count). The molecule has 5 heteroatoms. The summed E-state index contributed by atoms with van der Waals surface area (Å²) in [6.45, 7) is 1.92. The molecule has 0 aliphatic carbocycles. The van der Waals surface area contributed by atoms with Gasteiger partial charge in [-0.2, -0.15) is 0 Å². The minimum atomic E-state index is -0.415. The summed E-state index contributed by atoms with van der Waals surface area (Å²) in [6, 6.07) is 2.84. The Kier molecular flexibility index (Phi) is 3.90. The number of anilines is 1. The second kappa shape index (κ2) is 5.21. The van der Waals surface area contributed by atoms with Gasteiger partial charge in [-0.15, -0.1) is 0 Å². The lowest BCUT2D eigenvalue weighted by Crippen LogP contribution is -2.38. The molecule has 0 aromatic heterocycles. The number of benzene rings is 1. The predicted molar refractivity (Wildman–Crippen MR) is 65.9 cm³/mol. The van der Waals surface area contributed by atoms with E-state index in [2.05, 4.69) is 10.6 Å². The van der Waals surface area contributed by atoms with Crippen LogP contribution >= 0.6 is 23.2 Å². The number of hydrogen-bond acceptors (Lipinski definition) is 2. The smallest absolute Gasteiger partial charge is 0.126 e. The minimum Gasteiger partial charge on any atom is -0.379 e. The van der Waals surface area contributed by atoms with Crippen molar-refractivity contribution in [1.29, 1.82) is 0 Å². The molecule has 1 heterocycles. The van der Waals surface area contributed by atoms with Crippen molar-refractivity contribution in [1.82, 2.24) is 5.32 Å². The molecule has 1 aliphatic heterocycles. The third-order valence-electron chi connectivity index (χ3n) is 2.65. The second-order valence-corrected chi connectivity index (χ2v) is 4.75. The van der Waals surface area contributed by atoms with E-state index in [1.54, 1.807) is 0 Å². The average Bonchev–Trinajstić information content (AvgIpc) is 2.25. The zero-order valence-electron chi connectivity index (χ0n) is 8.69. The minimum absolute atomic E-state index is 0.300. The molecule has 0 amide bonds. The monoisotopic (exact) mass is 262 g/mol. The summed E-state index contributed by atoms with van der Waals surface area (Å²) in [5.74, 6) is -0.415. The molecule has 0 spiro atoms. The van der Waals surface area contributed by atoms with Crippen molar-refractivity contribution in [2.75, 3.05) is 18.4 Å². The lowest BCUT2D eigenvalue weighted by atomic mass is 10.1. The van der Waals surface area contributed by atoms with Gasteiger partial charge in [0.05, 0.1) is 15.7 Å². The molecule has 2 nitrogen and oxygen atoms in total. The normalized spacial score (nSPS) is 20.8. The summed E-state index contributed by atoms with van der Waals surface area (Å²) in [5, 5.41) is 7.19. The van der Waals surface area contributed by atoms with Crippen LogP contribution in [0.25, 0.3) is 0 Å². The Balaban J connectivity index is 2.14. The van der Waals surface area contributed by atoms with Gasteiger partial charge in [0.25, 0.3) is 0 Å². The molecule has 1 aromatic carbocycles. The maximum Gasteiger partial charge on any atom is 0.126 e. The number of halogens is 3. The quantitative estimate of drug-likeness (QED) is 0.855. The molecule has 16 heavy (non-hydrogen) atoms. The molecule has 1 aliphatic rings. The molecular weight excluding hydrogens is 250 g/mol. The predicted octanol–water partition coefficient (Wildman–Crippen LogP) is 3.30. The van der Waals surface area contributed by atoms with E-state index in [1.807, 2.05) is 0 Å². The summed E-state index contributed by atoms with van der Waals surface area (Å²) in [5.41, 5.74) is 0.624. The highest BCUT2D eigenvalue weighted by Gasteiger charge is 2.16. The number of piperidine rings is 1. The van der Waals surface area contributed by atoms with Gasteiger partial charge in [-0.1, -0.05) is 23.2 Å². The second-order valence-electron chi connectivity index (χ2n) is 3.93. The molecule has 1 unspecified atom stereocenters. The topological polar surface area (TPSA) is 24.1 Å². The van der Waals surface area contributed by atoms with Crippen molar-refractivity contribution >= 4 is 28.9 Å². The van der Waals surface area contributed by atoms with Gasteiger partial charge in [0.15, 0.2) is 0 Å². The number of nitrogens with one attached hydrogen (secondary N) is 2. The van der Waals surface area contributed by atoms with Crippen molar-refractivity contribution in [3.8, 4) is 0 Å². The van der Waals surface area contributed by atoms with E-state index < -0.39 is 5.82 Å². The average molecular weight is 263 g/mol. The molecular formula is C11H13Cl2FN2. The molecule has 1 saturated heterocycles. The molecule has 0 radical (unpaired) electrons. The highest BCUT2D eigenvalue weighted by atomic mass is 35.5. The van der Waals surface area contributed by atoms with Crippen LogP contribution in [0.2, 0.25) is 10.0 Å². The van der Waals surface area contributed by atoms with E-state index in [-0.39, 0.29) is 0 Å². The zero-order chi connectivity index (χ0) is 11.5. The van der Waals surface area contributed by atoms with Crippen LogP contribution in [0.3, 0.4) is 0 Å². The Hall–Kier alpha value is -0.510. The largest absolute Gasteiger partial charge is 0.379 e. The summed E-state index contributed by atoms with van der Waals surface area (Å²) in [7, 11) is 0. The maximum absolute atomic E-state index is 13.0. The highest BCUT2D eigenvalue weighted by Crippen LogP contribution is 2.32. The van der Waals surface area contributed by atoms with Gasteiger partial charge >= 0.3 is 0 Å². The summed E-state index contributed by atoms with van der Waals surface area (Å²) >= 11 is 11.9. The Morgan fingerprint density at radius 2 is 2.00 bits per heavy atom. The van der Waals surface area contributed by atoms with Crippen LogP contribution in [-0.4, -0.2) is 19.1 Å². The lowest BCUT2D eigenvalue weighted by molar-refractivity contribution is 0.480. The first-order chi connectivity index (χ1) is 7.66. The van der Waals surface area contributed by atoms with E-state index in [0.717, 1.165) is 25.9 Å². The van der Waals surface area contributed by atoms with E-state index in [9.17, 15) is 4.39 Å². The molecule has 0 saturated carbocycles. The third kappa shape index (κ3) is 2.78. The van der Waals surface area contributed by atoms with Crippen LogP contribution in [0.15, 0.2) is 12.1 Å². The fraction of sp³-hybridized carbons (Fsp3) is 0.455. The Labute approximate surface area is 104 Å². The van der Waals surface area contributed by atoms with Crippen molar-refractivity contribution in [3.05, 3.63) is 28.0 Å². The Morgan fingerprint density at radius 3 is 2.56 bits per heavy atom. The van der Waals surface area contributed by atoms with Crippen LogP contribution in [-0.2, 0) is 0 Å². The summed E-state index contributed by atoms with van der Waals surface area (Å²) in [4.78, 5) is 0. The van der Waals surface area contributed by atoms with Crippen molar-refractivity contribution in [2.45, 2.75) is 18.9 Å². The van der Waals surface area contributed by atoms with Gasteiger partial charge < -0.3 is 10.6 Å².